The molecule has 6 rings (SSSR count). The number of halogens is 2. The molecular weight excluding hydrogens is 573 g/mol. The van der Waals surface area contributed by atoms with Crippen LogP contribution >= 0.6 is 23.2 Å². The van der Waals surface area contributed by atoms with Gasteiger partial charge in [0.05, 0.1) is 26.7 Å². The molecular formula is C29H37Cl2N3O5S. The van der Waals surface area contributed by atoms with Gasteiger partial charge in [0.25, 0.3) is 5.91 Å². The maximum absolute atomic E-state index is 13.5. The van der Waals surface area contributed by atoms with Gasteiger partial charge < -0.3 is 15.0 Å². The summed E-state index contributed by atoms with van der Waals surface area (Å²) in [4.78, 5) is 24.9. The minimum Gasteiger partial charge on any atom is -0.481 e. The number of nitrogens with one attached hydrogen (secondary N) is 2. The second kappa shape index (κ2) is 10.0. The van der Waals surface area contributed by atoms with Gasteiger partial charge >= 0.3 is 5.97 Å². The quantitative estimate of drug-likeness (QED) is 0.331. The Morgan fingerprint density at radius 2 is 1.70 bits per heavy atom. The Kier molecular flexibility index (Phi) is 7.38. The van der Waals surface area contributed by atoms with Crippen LogP contribution in [0.4, 0.5) is 0 Å². The first kappa shape index (κ1) is 29.4. The normalized spacial score (nSPS) is 24.8. The van der Waals surface area contributed by atoms with Crippen molar-refractivity contribution in [3.63, 3.8) is 0 Å². The van der Waals surface area contributed by atoms with Gasteiger partial charge in [-0.1, -0.05) is 42.5 Å². The van der Waals surface area contributed by atoms with E-state index >= 15 is 0 Å². The summed E-state index contributed by atoms with van der Waals surface area (Å²) in [6, 6.07) is 4.90. The van der Waals surface area contributed by atoms with E-state index in [2.05, 4.69) is 14.6 Å². The van der Waals surface area contributed by atoms with Gasteiger partial charge in [-0.05, 0) is 83.9 Å². The average molecular weight is 611 g/mol. The van der Waals surface area contributed by atoms with Crippen LogP contribution in [0.3, 0.4) is 0 Å². The molecule has 0 atom stereocenters. The first-order valence-corrected chi connectivity index (χ1v) is 16.1. The molecule has 40 heavy (non-hydrogen) atoms. The van der Waals surface area contributed by atoms with E-state index in [0.29, 0.717) is 48.5 Å². The van der Waals surface area contributed by atoms with Gasteiger partial charge in [-0.25, -0.2) is 13.1 Å². The molecule has 218 valence electrons. The lowest BCUT2D eigenvalue weighted by molar-refractivity contribution is -0.196. The Bertz CT molecular complexity index is 1470. The van der Waals surface area contributed by atoms with Crippen LogP contribution in [0.2, 0.25) is 10.0 Å². The highest BCUT2D eigenvalue weighted by Gasteiger charge is 2.72. The standard InChI is InChI=1S/C29H37Cl2N3O5S/c1-17-20(25(35)32-29-14-28(15-29,16-29)26(36)37)12-21(34(17)13-18-8-6-5-7-9-18)19-10-11-22(24(31)23(19)30)40(38,39)33-27(2,3)4/h10-12,18,33H,5-9,13-16H2,1-4H3,(H,32,35)(H,36,37). The summed E-state index contributed by atoms with van der Waals surface area (Å²) >= 11 is 13.3. The zero-order valence-corrected chi connectivity index (χ0v) is 25.7. The number of carboxylic acids is 1. The van der Waals surface area contributed by atoms with Crippen molar-refractivity contribution < 1.29 is 23.1 Å². The van der Waals surface area contributed by atoms with Crippen molar-refractivity contribution >= 4 is 45.1 Å². The molecule has 2 bridgehead atoms. The molecule has 11 heteroatoms. The zero-order valence-electron chi connectivity index (χ0n) is 23.4. The second-order valence-electron chi connectivity index (χ2n) is 13.1. The predicted octanol–water partition coefficient (Wildman–Crippen LogP) is 6.16. The Balaban J connectivity index is 1.51. The van der Waals surface area contributed by atoms with Crippen LogP contribution in [0.25, 0.3) is 11.3 Å². The number of nitrogens with zero attached hydrogens (tertiary/aromatic N) is 1. The number of carbonyl (C=O) groups excluding carboxylic acids is 1. The molecule has 8 nitrogen and oxygen atoms in total. The molecule has 4 aliphatic rings. The fraction of sp³-hybridized carbons (Fsp3) is 0.586. The number of sulfonamides is 1. The molecule has 1 aromatic heterocycles. The maximum Gasteiger partial charge on any atom is 0.309 e. The molecule has 4 aliphatic carbocycles. The van der Waals surface area contributed by atoms with Gasteiger partial charge in [0.1, 0.15) is 4.90 Å². The summed E-state index contributed by atoms with van der Waals surface area (Å²) in [5, 5.41) is 12.6. The van der Waals surface area contributed by atoms with Crippen LogP contribution in [0.5, 0.6) is 0 Å². The predicted molar refractivity (Wildman–Crippen MR) is 155 cm³/mol. The monoisotopic (exact) mass is 609 g/mol. The summed E-state index contributed by atoms with van der Waals surface area (Å²) in [7, 11) is -3.92. The molecule has 4 saturated carbocycles. The van der Waals surface area contributed by atoms with Gasteiger partial charge in [-0.3, -0.25) is 9.59 Å². The van der Waals surface area contributed by atoms with Crippen molar-refractivity contribution in [3.05, 3.63) is 39.5 Å². The van der Waals surface area contributed by atoms with E-state index in [1.54, 1.807) is 32.9 Å². The molecule has 3 N–H and O–H groups in total. The molecule has 2 aromatic rings. The Morgan fingerprint density at radius 1 is 1.07 bits per heavy atom. The second-order valence-corrected chi connectivity index (χ2v) is 15.5. The van der Waals surface area contributed by atoms with E-state index < -0.39 is 32.5 Å². The fourth-order valence-corrected chi connectivity index (χ4v) is 9.10. The number of carboxylic acid groups (broad SMARTS) is 1. The molecule has 1 amide bonds. The molecule has 0 radical (unpaired) electrons. The lowest BCUT2D eigenvalue weighted by Gasteiger charge is -2.67. The van der Waals surface area contributed by atoms with Crippen LogP contribution in [0.1, 0.15) is 88.2 Å². The molecule has 4 fully saturated rings. The number of aromatic nitrogens is 1. The average Bonchev–Trinajstić information content (AvgIpc) is 3.11. The third-order valence-corrected chi connectivity index (χ3v) is 11.5. The molecule has 0 spiro atoms. The summed E-state index contributed by atoms with van der Waals surface area (Å²) in [5.41, 5.74) is 0.696. The molecule has 1 heterocycles. The highest BCUT2D eigenvalue weighted by atomic mass is 35.5. The third kappa shape index (κ3) is 5.19. The highest BCUT2D eigenvalue weighted by Crippen LogP contribution is 2.67. The van der Waals surface area contributed by atoms with E-state index in [9.17, 15) is 23.1 Å². The van der Waals surface area contributed by atoms with Crippen LogP contribution in [0.15, 0.2) is 23.1 Å². The number of amides is 1. The van der Waals surface area contributed by atoms with Crippen LogP contribution in [-0.4, -0.2) is 41.0 Å². The minimum absolute atomic E-state index is 0.0715. The Labute approximate surface area is 245 Å². The number of aliphatic carboxylic acids is 1. The van der Waals surface area contributed by atoms with Crippen molar-refractivity contribution in [1.82, 2.24) is 14.6 Å². The summed E-state index contributed by atoms with van der Waals surface area (Å²) < 4.78 is 30.8. The topological polar surface area (TPSA) is 118 Å². The largest absolute Gasteiger partial charge is 0.481 e. The lowest BCUT2D eigenvalue weighted by atomic mass is 9.39. The summed E-state index contributed by atoms with van der Waals surface area (Å²) in [5.74, 6) is -0.585. The van der Waals surface area contributed by atoms with Gasteiger partial charge in [0, 0.05) is 28.9 Å². The zero-order chi connectivity index (χ0) is 29.3. The molecule has 0 unspecified atom stereocenters. The third-order valence-electron chi connectivity index (χ3n) is 8.69. The van der Waals surface area contributed by atoms with Crippen LogP contribution in [0, 0.1) is 18.3 Å². The molecule has 0 saturated heterocycles. The first-order valence-electron chi connectivity index (χ1n) is 13.8. The Morgan fingerprint density at radius 3 is 2.27 bits per heavy atom. The van der Waals surface area contributed by atoms with E-state index in [-0.39, 0.29) is 20.8 Å². The van der Waals surface area contributed by atoms with Crippen molar-refractivity contribution in [2.75, 3.05) is 0 Å². The summed E-state index contributed by atoms with van der Waals surface area (Å²) in [6.07, 6.45) is 7.12. The number of rotatable bonds is 8. The number of hydrogen-bond acceptors (Lipinski definition) is 4. The van der Waals surface area contributed by atoms with Crippen molar-refractivity contribution in [3.8, 4) is 11.3 Å². The maximum atomic E-state index is 13.5. The lowest BCUT2D eigenvalue weighted by Crippen LogP contribution is -2.77. The number of hydrogen-bond donors (Lipinski definition) is 3. The van der Waals surface area contributed by atoms with Crippen molar-refractivity contribution in [2.24, 2.45) is 11.3 Å². The number of carbonyl (C=O) groups is 2. The van der Waals surface area contributed by atoms with E-state index in [1.165, 1.54) is 25.3 Å². The van der Waals surface area contributed by atoms with E-state index in [4.69, 9.17) is 23.2 Å². The minimum atomic E-state index is -3.92. The highest BCUT2D eigenvalue weighted by molar-refractivity contribution is 7.89. The molecule has 1 aromatic carbocycles. The van der Waals surface area contributed by atoms with Gasteiger partial charge in [-0.2, -0.15) is 0 Å². The van der Waals surface area contributed by atoms with Gasteiger partial charge in [-0.15, -0.1) is 0 Å². The van der Waals surface area contributed by atoms with Crippen LogP contribution < -0.4 is 10.0 Å². The first-order chi connectivity index (χ1) is 18.6. The van der Waals surface area contributed by atoms with Crippen molar-refractivity contribution in [2.45, 2.75) is 102 Å². The van der Waals surface area contributed by atoms with Gasteiger partial charge in [0.15, 0.2) is 0 Å². The Hall–Kier alpha value is -2.07. The van der Waals surface area contributed by atoms with E-state index in [1.807, 2.05) is 6.92 Å². The smallest absolute Gasteiger partial charge is 0.309 e. The van der Waals surface area contributed by atoms with Crippen molar-refractivity contribution in [1.29, 1.82) is 0 Å². The summed E-state index contributed by atoms with van der Waals surface area (Å²) in [6.45, 7) is 7.86. The van der Waals surface area contributed by atoms with Crippen LogP contribution in [-0.2, 0) is 21.4 Å². The molecule has 0 aliphatic heterocycles. The fourth-order valence-electron chi connectivity index (χ4n) is 6.81. The number of benzene rings is 1. The SMILES string of the molecule is Cc1c(C(=O)NC23CC(C(=O)O)(C2)C3)cc(-c2ccc(S(=O)(=O)NC(C)(C)C)c(Cl)c2Cl)n1CC1CCCCC1. The van der Waals surface area contributed by atoms with Gasteiger partial charge in [0.2, 0.25) is 10.0 Å². The van der Waals surface area contributed by atoms with E-state index in [0.717, 1.165) is 18.5 Å².